The molecule has 4 nitrogen and oxygen atoms in total. The van der Waals surface area contributed by atoms with Crippen LogP contribution in [0.1, 0.15) is 36.1 Å². The molecule has 34 heavy (non-hydrogen) atoms. The normalized spacial score (nSPS) is 26.7. The Balaban J connectivity index is 1.52. The number of benzene rings is 2. The van der Waals surface area contributed by atoms with Crippen molar-refractivity contribution in [3.05, 3.63) is 71.8 Å². The Labute approximate surface area is 190 Å². The van der Waals surface area contributed by atoms with E-state index in [1.54, 1.807) is 36.4 Å². The van der Waals surface area contributed by atoms with Crippen LogP contribution < -0.4 is 21.7 Å². The largest absolute Gasteiger partial charge is 0.379 e. The summed E-state index contributed by atoms with van der Waals surface area (Å²) in [4.78, 5) is 0. The second-order valence-electron chi connectivity index (χ2n) is 8.48. The number of hydrogen-bond acceptors (Lipinski definition) is 4. The van der Waals surface area contributed by atoms with Crippen LogP contribution in [0.15, 0.2) is 60.7 Å². The molecule has 4 atom stereocenters. The third-order valence-corrected chi connectivity index (χ3v) is 6.32. The van der Waals surface area contributed by atoms with Crippen molar-refractivity contribution in [2.45, 2.75) is 60.7 Å². The molecule has 0 amide bonds. The molecule has 2 heterocycles. The maximum Gasteiger partial charge on any atom is 0.379 e. The lowest BCUT2D eigenvalue weighted by molar-refractivity contribution is -0.374. The Morgan fingerprint density at radius 3 is 1.15 bits per heavy atom. The van der Waals surface area contributed by atoms with Crippen molar-refractivity contribution in [3.63, 3.8) is 0 Å². The summed E-state index contributed by atoms with van der Waals surface area (Å²) >= 11 is 0. The summed E-state index contributed by atoms with van der Waals surface area (Å²) in [5, 5.41) is 0. The SMILES string of the molecule is FC(F)(C1CC(c2ccccc2)NN1)C(F)(F)C(F)(F)C(F)(F)C1CC(c2ccccc2)NN1. The summed E-state index contributed by atoms with van der Waals surface area (Å²) in [5.74, 6) is -23.7. The van der Waals surface area contributed by atoms with Crippen LogP contribution in [0.3, 0.4) is 0 Å². The summed E-state index contributed by atoms with van der Waals surface area (Å²) in [6, 6.07) is 8.91. The summed E-state index contributed by atoms with van der Waals surface area (Å²) in [7, 11) is 0. The lowest BCUT2D eigenvalue weighted by atomic mass is 9.87. The van der Waals surface area contributed by atoms with Gasteiger partial charge in [0, 0.05) is 12.1 Å². The van der Waals surface area contributed by atoms with E-state index in [2.05, 4.69) is 10.9 Å². The topological polar surface area (TPSA) is 48.1 Å². The van der Waals surface area contributed by atoms with Gasteiger partial charge in [0.05, 0.1) is 12.1 Å². The Morgan fingerprint density at radius 2 is 0.824 bits per heavy atom. The zero-order chi connectivity index (χ0) is 24.8. The molecular weight excluding hydrogens is 472 g/mol. The number of halogens is 8. The van der Waals surface area contributed by atoms with Crippen LogP contribution >= 0.6 is 0 Å². The van der Waals surface area contributed by atoms with Gasteiger partial charge in [-0.1, -0.05) is 60.7 Å². The van der Waals surface area contributed by atoms with Gasteiger partial charge in [-0.2, -0.15) is 35.1 Å². The van der Waals surface area contributed by atoms with Crippen molar-refractivity contribution in [2.24, 2.45) is 0 Å². The van der Waals surface area contributed by atoms with Crippen LogP contribution in [-0.2, 0) is 0 Å². The highest BCUT2D eigenvalue weighted by Gasteiger charge is 2.83. The van der Waals surface area contributed by atoms with Crippen molar-refractivity contribution in [3.8, 4) is 0 Å². The van der Waals surface area contributed by atoms with Crippen LogP contribution in [0.4, 0.5) is 35.1 Å². The fraction of sp³-hybridized carbons (Fsp3) is 0.455. The van der Waals surface area contributed by atoms with Crippen LogP contribution in [0.5, 0.6) is 0 Å². The van der Waals surface area contributed by atoms with Crippen molar-refractivity contribution in [1.29, 1.82) is 0 Å². The first-order chi connectivity index (χ1) is 15.9. The van der Waals surface area contributed by atoms with E-state index in [4.69, 9.17) is 0 Å². The van der Waals surface area contributed by atoms with Crippen LogP contribution in [0, 0.1) is 0 Å². The van der Waals surface area contributed by atoms with E-state index in [1.807, 2.05) is 10.9 Å². The van der Waals surface area contributed by atoms with Crippen molar-refractivity contribution < 1.29 is 35.1 Å². The monoisotopic (exact) mass is 494 g/mol. The molecule has 2 aliphatic rings. The molecule has 12 heteroatoms. The maximum absolute atomic E-state index is 14.7. The summed E-state index contributed by atoms with van der Waals surface area (Å²) in [6.07, 6.45) is -1.43. The highest BCUT2D eigenvalue weighted by atomic mass is 19.4. The predicted molar refractivity (Wildman–Crippen MR) is 108 cm³/mol. The van der Waals surface area contributed by atoms with Crippen LogP contribution in [0.2, 0.25) is 0 Å². The van der Waals surface area contributed by atoms with Crippen molar-refractivity contribution in [2.75, 3.05) is 0 Å². The summed E-state index contributed by atoms with van der Waals surface area (Å²) in [5.41, 5.74) is 9.37. The van der Waals surface area contributed by atoms with Gasteiger partial charge in [0.2, 0.25) is 0 Å². The third-order valence-electron chi connectivity index (χ3n) is 6.32. The Hall–Kier alpha value is -2.28. The van der Waals surface area contributed by atoms with E-state index in [9.17, 15) is 35.1 Å². The smallest absolute Gasteiger partial charge is 0.250 e. The molecule has 2 aromatic carbocycles. The average Bonchev–Trinajstić information content (AvgIpc) is 3.51. The summed E-state index contributed by atoms with van der Waals surface area (Å²) in [6.45, 7) is 0. The van der Waals surface area contributed by atoms with Gasteiger partial charge in [0.15, 0.2) is 0 Å². The van der Waals surface area contributed by atoms with Gasteiger partial charge in [0.25, 0.3) is 0 Å². The molecule has 2 aliphatic heterocycles. The van der Waals surface area contributed by atoms with Crippen molar-refractivity contribution in [1.82, 2.24) is 21.7 Å². The lowest BCUT2D eigenvalue weighted by Crippen LogP contribution is -2.70. The quantitative estimate of drug-likeness (QED) is 0.420. The molecule has 2 aromatic rings. The van der Waals surface area contributed by atoms with Gasteiger partial charge >= 0.3 is 23.7 Å². The molecule has 0 radical (unpaired) electrons. The molecule has 4 unspecified atom stereocenters. The highest BCUT2D eigenvalue weighted by Crippen LogP contribution is 2.56. The lowest BCUT2D eigenvalue weighted by Gasteiger charge is -2.40. The Morgan fingerprint density at radius 1 is 0.500 bits per heavy atom. The Kier molecular flexibility index (Phi) is 6.38. The number of nitrogens with one attached hydrogen (secondary N) is 4. The number of rotatable bonds is 7. The van der Waals surface area contributed by atoms with Gasteiger partial charge < -0.3 is 0 Å². The predicted octanol–water partition coefficient (Wildman–Crippen LogP) is 4.74. The molecule has 0 bridgehead atoms. The standard InChI is InChI=1S/C22H22F8N4/c23-19(24,17-11-15(31-33-17)13-7-3-1-4-8-13)21(27,28)22(29,30)20(25,26)18-12-16(32-34-18)14-9-5-2-6-10-14/h1-10,15-18,31-34H,11-12H2. The van der Waals surface area contributed by atoms with Gasteiger partial charge in [-0.3, -0.25) is 0 Å². The third kappa shape index (κ3) is 3.96. The molecule has 0 aromatic heterocycles. The minimum absolute atomic E-state index is 0.446. The number of hydrogen-bond donors (Lipinski definition) is 4. The first-order valence-corrected chi connectivity index (χ1v) is 10.5. The first kappa shape index (κ1) is 24.8. The molecule has 0 saturated carbocycles. The molecule has 2 saturated heterocycles. The molecule has 4 rings (SSSR count). The zero-order valence-corrected chi connectivity index (χ0v) is 17.5. The highest BCUT2D eigenvalue weighted by molar-refractivity contribution is 5.23. The van der Waals surface area contributed by atoms with E-state index in [0.29, 0.717) is 11.1 Å². The fourth-order valence-corrected chi connectivity index (χ4v) is 4.25. The molecule has 4 N–H and O–H groups in total. The minimum atomic E-state index is -6.36. The van der Waals surface area contributed by atoms with Crippen molar-refractivity contribution >= 4 is 0 Å². The molecule has 186 valence electrons. The number of alkyl halides is 8. The molecular formula is C22H22F8N4. The first-order valence-electron chi connectivity index (χ1n) is 10.5. The summed E-state index contributed by atoms with van der Waals surface area (Å²) < 4.78 is 118. The van der Waals surface area contributed by atoms with Gasteiger partial charge in [-0.05, 0) is 24.0 Å². The zero-order valence-electron chi connectivity index (χ0n) is 17.5. The minimum Gasteiger partial charge on any atom is -0.250 e. The van der Waals surface area contributed by atoms with E-state index in [0.717, 1.165) is 0 Å². The van der Waals surface area contributed by atoms with E-state index in [-0.39, 0.29) is 0 Å². The second-order valence-corrected chi connectivity index (χ2v) is 8.48. The van der Waals surface area contributed by atoms with Gasteiger partial charge in [-0.15, -0.1) is 0 Å². The van der Waals surface area contributed by atoms with E-state index >= 15 is 0 Å². The fourth-order valence-electron chi connectivity index (χ4n) is 4.25. The molecule has 2 fully saturated rings. The van der Waals surface area contributed by atoms with Gasteiger partial charge in [-0.25, -0.2) is 21.7 Å². The Bertz CT molecular complexity index is 894. The second kappa shape index (κ2) is 8.74. The molecule has 0 aliphatic carbocycles. The van der Waals surface area contributed by atoms with E-state index in [1.165, 1.54) is 24.3 Å². The maximum atomic E-state index is 14.7. The molecule has 0 spiro atoms. The average molecular weight is 494 g/mol. The number of hydrazine groups is 2. The van der Waals surface area contributed by atoms with Crippen LogP contribution in [0.25, 0.3) is 0 Å². The van der Waals surface area contributed by atoms with E-state index < -0.39 is 60.7 Å². The van der Waals surface area contributed by atoms with Gasteiger partial charge in [0.1, 0.15) is 0 Å². The van der Waals surface area contributed by atoms with Crippen LogP contribution in [-0.4, -0.2) is 35.8 Å².